The molecule has 42 heavy (non-hydrogen) atoms. The van der Waals surface area contributed by atoms with Crippen molar-refractivity contribution >= 4 is 64.5 Å². The second-order valence-corrected chi connectivity index (χ2v) is 13.2. The van der Waals surface area contributed by atoms with Crippen molar-refractivity contribution in [3.63, 3.8) is 0 Å². The fourth-order valence-electron chi connectivity index (χ4n) is 5.79. The lowest BCUT2D eigenvalue weighted by molar-refractivity contribution is -0.00737. The molecular formula is C31H29BCl3N3O4. The number of amides is 1. The summed E-state index contributed by atoms with van der Waals surface area (Å²) in [5, 5.41) is 19.0. The topological polar surface area (TPSA) is 84.6 Å². The number of nitrogens with one attached hydrogen (secondary N) is 1. The van der Waals surface area contributed by atoms with Crippen molar-refractivity contribution in [3.8, 4) is 0 Å². The first-order chi connectivity index (χ1) is 19.7. The number of benzene rings is 2. The Morgan fingerprint density at radius 3 is 2.50 bits per heavy atom. The van der Waals surface area contributed by atoms with Gasteiger partial charge < -0.3 is 24.2 Å². The molecule has 2 aliphatic heterocycles. The standard InChI is InChI=1S/C31H29BCl3N3O4/c1-29(2,17-8-10-20-21(13-17)32(40)41-30(20,3)4)36-28(39)19-9-11-26(38-12-6-7-25(19)38)24-16-31(5,42-37-24)18-14-22(33)27(35)23(34)15-18/h6-15,40H,16H2,1-5H3,(H,36,39). The second-order valence-electron chi connectivity index (χ2n) is 12.0. The Morgan fingerprint density at radius 2 is 1.79 bits per heavy atom. The molecule has 4 heterocycles. The van der Waals surface area contributed by atoms with Gasteiger partial charge in [0.1, 0.15) is 5.71 Å². The van der Waals surface area contributed by atoms with Crippen molar-refractivity contribution in [1.29, 1.82) is 0 Å². The molecule has 6 rings (SSSR count). The van der Waals surface area contributed by atoms with Crippen molar-refractivity contribution < 1.29 is 19.3 Å². The number of oxime groups is 1. The third-order valence-corrected chi connectivity index (χ3v) is 9.41. The van der Waals surface area contributed by atoms with Gasteiger partial charge in [-0.25, -0.2) is 0 Å². The van der Waals surface area contributed by atoms with Gasteiger partial charge in [0.15, 0.2) is 5.60 Å². The summed E-state index contributed by atoms with van der Waals surface area (Å²) >= 11 is 18.7. The van der Waals surface area contributed by atoms with E-state index in [2.05, 4.69) is 10.5 Å². The van der Waals surface area contributed by atoms with E-state index in [0.29, 0.717) is 32.5 Å². The highest BCUT2D eigenvalue weighted by molar-refractivity contribution is 6.62. The molecule has 0 spiro atoms. The van der Waals surface area contributed by atoms with Crippen LogP contribution in [0.25, 0.3) is 5.52 Å². The van der Waals surface area contributed by atoms with Crippen molar-refractivity contribution in [2.45, 2.75) is 57.8 Å². The van der Waals surface area contributed by atoms with E-state index in [9.17, 15) is 9.82 Å². The van der Waals surface area contributed by atoms with Gasteiger partial charge in [0.05, 0.1) is 43.0 Å². The van der Waals surface area contributed by atoms with Crippen molar-refractivity contribution in [1.82, 2.24) is 9.72 Å². The van der Waals surface area contributed by atoms with Crippen LogP contribution in [0, 0.1) is 0 Å². The maximum Gasteiger partial charge on any atom is 0.492 e. The van der Waals surface area contributed by atoms with Gasteiger partial charge in [-0.15, -0.1) is 0 Å². The van der Waals surface area contributed by atoms with Gasteiger partial charge in [-0.2, -0.15) is 0 Å². The molecule has 7 nitrogen and oxygen atoms in total. The largest absolute Gasteiger partial charge is 0.492 e. The van der Waals surface area contributed by atoms with Crippen LogP contribution in [0.15, 0.2) is 65.9 Å². The SMILES string of the molecule is CC(C)(NC(=O)c1ccc(C2=NOC(C)(c3cc(Cl)c(Cl)c(Cl)c3)C2)n2cccc12)c1ccc2c(c1)B(O)OC2(C)C. The van der Waals surface area contributed by atoms with Crippen molar-refractivity contribution in [3.05, 3.63) is 104 Å². The summed E-state index contributed by atoms with van der Waals surface area (Å²) in [5.74, 6) is -0.229. The number of pyridine rings is 1. The Labute approximate surface area is 259 Å². The Hall–Kier alpha value is -3.01. The van der Waals surface area contributed by atoms with Gasteiger partial charge in [-0.05, 0) is 87.6 Å². The zero-order valence-corrected chi connectivity index (χ0v) is 26.0. The maximum absolute atomic E-state index is 13.7. The van der Waals surface area contributed by atoms with E-state index in [1.165, 1.54) is 0 Å². The molecule has 1 amide bonds. The minimum absolute atomic E-state index is 0.229. The summed E-state index contributed by atoms with van der Waals surface area (Å²) in [5.41, 5.74) is 3.93. The number of nitrogens with zero attached hydrogens (tertiary/aromatic N) is 2. The minimum Gasteiger partial charge on any atom is -0.423 e. The van der Waals surface area contributed by atoms with Gasteiger partial charge in [0.25, 0.3) is 5.91 Å². The van der Waals surface area contributed by atoms with E-state index in [0.717, 1.165) is 33.6 Å². The zero-order chi connectivity index (χ0) is 30.2. The van der Waals surface area contributed by atoms with Crippen LogP contribution in [-0.4, -0.2) is 28.2 Å². The molecule has 2 aromatic carbocycles. The fraction of sp³-hybridized carbons (Fsp3) is 0.290. The van der Waals surface area contributed by atoms with Gasteiger partial charge in [-0.1, -0.05) is 58.2 Å². The zero-order valence-electron chi connectivity index (χ0n) is 23.8. The van der Waals surface area contributed by atoms with E-state index in [1.807, 2.05) is 81.6 Å². The quantitative estimate of drug-likeness (QED) is 0.195. The Kier molecular flexibility index (Phi) is 6.95. The molecule has 2 N–H and O–H groups in total. The summed E-state index contributed by atoms with van der Waals surface area (Å²) in [7, 11) is -1.01. The van der Waals surface area contributed by atoms with Crippen LogP contribution >= 0.6 is 34.8 Å². The summed E-state index contributed by atoms with van der Waals surface area (Å²) in [6.45, 7) is 9.64. The third-order valence-electron chi connectivity index (χ3n) is 8.21. The number of carbonyl (C=O) groups is 1. The van der Waals surface area contributed by atoms with Crippen LogP contribution in [-0.2, 0) is 26.2 Å². The number of rotatable bonds is 5. The van der Waals surface area contributed by atoms with Crippen LogP contribution in [0.1, 0.15) is 73.8 Å². The highest BCUT2D eigenvalue weighted by Gasteiger charge is 2.42. The fourth-order valence-corrected chi connectivity index (χ4v) is 6.39. The Morgan fingerprint density at radius 1 is 1.07 bits per heavy atom. The van der Waals surface area contributed by atoms with Crippen LogP contribution in [0.4, 0.5) is 0 Å². The smallest absolute Gasteiger partial charge is 0.423 e. The molecule has 0 saturated carbocycles. The average molecular weight is 625 g/mol. The van der Waals surface area contributed by atoms with Crippen molar-refractivity contribution in [2.24, 2.45) is 5.16 Å². The molecule has 0 radical (unpaired) electrons. The number of hydrogen-bond donors (Lipinski definition) is 2. The Balaban J connectivity index is 1.26. The van der Waals surface area contributed by atoms with Crippen LogP contribution < -0.4 is 10.8 Å². The lowest BCUT2D eigenvalue weighted by Crippen LogP contribution is -2.42. The highest BCUT2D eigenvalue weighted by Crippen LogP contribution is 2.41. The van der Waals surface area contributed by atoms with E-state index in [1.54, 1.807) is 18.2 Å². The predicted octanol–water partition coefficient (Wildman–Crippen LogP) is 6.56. The molecule has 1 unspecified atom stereocenters. The molecule has 4 aromatic rings. The summed E-state index contributed by atoms with van der Waals surface area (Å²) in [4.78, 5) is 19.6. The number of hydrogen-bond acceptors (Lipinski definition) is 5. The van der Waals surface area contributed by atoms with Gasteiger partial charge in [0, 0.05) is 18.2 Å². The van der Waals surface area contributed by atoms with E-state index in [4.69, 9.17) is 44.3 Å². The minimum atomic E-state index is -1.01. The second kappa shape index (κ2) is 10.0. The summed E-state index contributed by atoms with van der Waals surface area (Å²) < 4.78 is 7.65. The lowest BCUT2D eigenvalue weighted by atomic mass is 9.75. The van der Waals surface area contributed by atoms with Gasteiger partial charge >= 0.3 is 7.12 Å². The first-order valence-electron chi connectivity index (χ1n) is 13.5. The van der Waals surface area contributed by atoms with Crippen molar-refractivity contribution in [2.75, 3.05) is 0 Å². The molecule has 1 atom stereocenters. The first-order valence-corrected chi connectivity index (χ1v) is 14.7. The Bertz CT molecular complexity index is 1780. The van der Waals surface area contributed by atoms with Gasteiger partial charge in [-0.3, -0.25) is 4.79 Å². The molecule has 0 saturated heterocycles. The summed E-state index contributed by atoms with van der Waals surface area (Å²) in [6, 6.07) is 16.8. The molecule has 2 aromatic heterocycles. The molecular weight excluding hydrogens is 596 g/mol. The number of carbonyl (C=O) groups excluding carboxylic acids is 1. The first kappa shape index (κ1) is 29.1. The van der Waals surface area contributed by atoms with Crippen LogP contribution in [0.3, 0.4) is 0 Å². The molecule has 216 valence electrons. The van der Waals surface area contributed by atoms with E-state index >= 15 is 0 Å². The lowest BCUT2D eigenvalue weighted by Gasteiger charge is -2.28. The highest BCUT2D eigenvalue weighted by atomic mass is 35.5. The molecule has 0 bridgehead atoms. The average Bonchev–Trinajstić information content (AvgIpc) is 3.63. The maximum atomic E-state index is 13.7. The number of fused-ring (bicyclic) bond motifs is 2. The third kappa shape index (κ3) is 4.79. The van der Waals surface area contributed by atoms with Crippen LogP contribution in [0.5, 0.6) is 0 Å². The molecule has 0 fully saturated rings. The summed E-state index contributed by atoms with van der Waals surface area (Å²) in [6.07, 6.45) is 2.35. The monoisotopic (exact) mass is 623 g/mol. The van der Waals surface area contributed by atoms with E-state index < -0.39 is 23.9 Å². The molecule has 11 heteroatoms. The van der Waals surface area contributed by atoms with Crippen LogP contribution in [0.2, 0.25) is 15.1 Å². The predicted molar refractivity (Wildman–Crippen MR) is 167 cm³/mol. The van der Waals surface area contributed by atoms with Gasteiger partial charge in [0.2, 0.25) is 0 Å². The number of halogens is 3. The van der Waals surface area contributed by atoms with E-state index in [-0.39, 0.29) is 5.91 Å². The normalized spacial score (nSPS) is 19.5. The number of aromatic nitrogens is 1. The molecule has 2 aliphatic rings. The molecule has 0 aliphatic carbocycles.